The van der Waals surface area contributed by atoms with E-state index < -0.39 is 10.9 Å². The second-order valence-corrected chi connectivity index (χ2v) is 4.14. The number of nitro benzene ring substituents is 1. The highest BCUT2D eigenvalue weighted by molar-refractivity contribution is 6.30. The summed E-state index contributed by atoms with van der Waals surface area (Å²) >= 11 is 5.71. The number of hydrogen-bond donors (Lipinski definition) is 1. The Morgan fingerprint density at radius 1 is 1.56 bits per heavy atom. The average Bonchev–Trinajstić information content (AvgIpc) is 2.27. The second-order valence-electron chi connectivity index (χ2n) is 3.71. The van der Waals surface area contributed by atoms with Gasteiger partial charge in [0.15, 0.2) is 0 Å². The molecule has 0 bridgehead atoms. The Balaban J connectivity index is 3.17. The molecule has 0 aliphatic rings. The Bertz CT molecular complexity index is 464. The van der Waals surface area contributed by atoms with E-state index in [1.54, 1.807) is 0 Å². The van der Waals surface area contributed by atoms with Crippen molar-refractivity contribution in [1.82, 2.24) is 0 Å². The summed E-state index contributed by atoms with van der Waals surface area (Å²) < 4.78 is 0. The van der Waals surface area contributed by atoms with E-state index in [1.165, 1.54) is 23.1 Å². The fourth-order valence-electron chi connectivity index (χ4n) is 1.63. The normalized spacial score (nSPS) is 10.1. The van der Waals surface area contributed by atoms with Crippen molar-refractivity contribution >= 4 is 28.9 Å². The summed E-state index contributed by atoms with van der Waals surface area (Å²) in [7, 11) is 0. The molecule has 0 atom stereocenters. The molecule has 0 saturated heterocycles. The lowest BCUT2D eigenvalue weighted by atomic mass is 10.2. The number of carbonyl (C=O) groups is 1. The lowest BCUT2D eigenvalue weighted by Crippen LogP contribution is -2.30. The first kappa shape index (κ1) is 14.2. The lowest BCUT2D eigenvalue weighted by molar-refractivity contribution is -0.384. The van der Waals surface area contributed by atoms with Crippen molar-refractivity contribution in [2.45, 2.75) is 13.3 Å². The van der Waals surface area contributed by atoms with Crippen molar-refractivity contribution < 1.29 is 14.8 Å². The summed E-state index contributed by atoms with van der Waals surface area (Å²) in [6, 6.07) is 4.20. The third kappa shape index (κ3) is 3.59. The first-order valence-electron chi connectivity index (χ1n) is 5.36. The summed E-state index contributed by atoms with van der Waals surface area (Å²) in [5.74, 6) is -1.03. The highest BCUT2D eigenvalue weighted by atomic mass is 35.5. The fourth-order valence-corrected chi connectivity index (χ4v) is 1.79. The number of carboxylic acid groups (broad SMARTS) is 1. The minimum atomic E-state index is -1.03. The number of halogens is 1. The highest BCUT2D eigenvalue weighted by Crippen LogP contribution is 2.31. The van der Waals surface area contributed by atoms with Crippen molar-refractivity contribution in [3.8, 4) is 0 Å². The zero-order chi connectivity index (χ0) is 13.7. The second kappa shape index (κ2) is 6.20. The summed E-state index contributed by atoms with van der Waals surface area (Å²) in [6.45, 7) is 2.02. The van der Waals surface area contributed by atoms with Gasteiger partial charge in [-0.25, -0.2) is 0 Å². The van der Waals surface area contributed by atoms with Crippen LogP contribution in [0.5, 0.6) is 0 Å². The van der Waals surface area contributed by atoms with Crippen LogP contribution in [0.15, 0.2) is 18.2 Å². The molecule has 0 heterocycles. The molecule has 7 heteroatoms. The van der Waals surface area contributed by atoms with E-state index in [-0.39, 0.29) is 22.9 Å². The van der Waals surface area contributed by atoms with Crippen LogP contribution >= 0.6 is 11.6 Å². The Hall–Kier alpha value is -1.82. The van der Waals surface area contributed by atoms with Gasteiger partial charge in [0.1, 0.15) is 12.2 Å². The zero-order valence-electron chi connectivity index (χ0n) is 9.80. The van der Waals surface area contributed by atoms with Crippen LogP contribution in [0.4, 0.5) is 11.4 Å². The number of hydrogen-bond acceptors (Lipinski definition) is 4. The Morgan fingerprint density at radius 3 is 2.72 bits per heavy atom. The number of carboxylic acids is 1. The van der Waals surface area contributed by atoms with Crippen molar-refractivity contribution in [3.63, 3.8) is 0 Å². The fraction of sp³-hybridized carbons (Fsp3) is 0.364. The van der Waals surface area contributed by atoms with Gasteiger partial charge in [0.25, 0.3) is 5.69 Å². The molecule has 0 spiro atoms. The van der Waals surface area contributed by atoms with Gasteiger partial charge >= 0.3 is 5.97 Å². The summed E-state index contributed by atoms with van der Waals surface area (Å²) in [4.78, 5) is 22.6. The van der Waals surface area contributed by atoms with E-state index >= 15 is 0 Å². The van der Waals surface area contributed by atoms with Gasteiger partial charge in [-0.05, 0) is 18.6 Å². The predicted molar refractivity (Wildman–Crippen MR) is 68.2 cm³/mol. The molecule has 1 N–H and O–H groups in total. The lowest BCUT2D eigenvalue weighted by Gasteiger charge is -2.21. The molecular formula is C11H13ClN2O4. The molecule has 0 radical (unpaired) electrons. The SMILES string of the molecule is CCCN(CC(=O)O)c1ccc(Cl)cc1[N+](=O)[O-]. The van der Waals surface area contributed by atoms with E-state index in [2.05, 4.69) is 0 Å². The van der Waals surface area contributed by atoms with Crippen LogP contribution in [0.3, 0.4) is 0 Å². The van der Waals surface area contributed by atoms with E-state index in [0.717, 1.165) is 0 Å². The topological polar surface area (TPSA) is 83.7 Å². The molecule has 18 heavy (non-hydrogen) atoms. The van der Waals surface area contributed by atoms with Gasteiger partial charge < -0.3 is 10.0 Å². The van der Waals surface area contributed by atoms with E-state index in [4.69, 9.17) is 16.7 Å². The smallest absolute Gasteiger partial charge is 0.323 e. The summed E-state index contributed by atoms with van der Waals surface area (Å²) in [5, 5.41) is 20.0. The Labute approximate surface area is 109 Å². The molecule has 0 amide bonds. The van der Waals surface area contributed by atoms with Gasteiger partial charge in [-0.1, -0.05) is 18.5 Å². The van der Waals surface area contributed by atoms with Crippen molar-refractivity contribution in [3.05, 3.63) is 33.3 Å². The Kier molecular flexibility index (Phi) is 4.91. The molecule has 0 saturated carbocycles. The largest absolute Gasteiger partial charge is 0.480 e. The van der Waals surface area contributed by atoms with Crippen LogP contribution < -0.4 is 4.90 Å². The van der Waals surface area contributed by atoms with Crippen molar-refractivity contribution in [2.24, 2.45) is 0 Å². The molecule has 6 nitrogen and oxygen atoms in total. The van der Waals surface area contributed by atoms with Crippen molar-refractivity contribution in [1.29, 1.82) is 0 Å². The highest BCUT2D eigenvalue weighted by Gasteiger charge is 2.21. The number of nitro groups is 1. The molecule has 0 unspecified atom stereocenters. The molecule has 98 valence electrons. The third-order valence-corrected chi connectivity index (χ3v) is 2.53. The van der Waals surface area contributed by atoms with E-state index in [1.807, 2.05) is 6.92 Å². The predicted octanol–water partition coefficient (Wildman–Crippen LogP) is 2.55. The van der Waals surface area contributed by atoms with Crippen LogP contribution in [0, 0.1) is 10.1 Å². The van der Waals surface area contributed by atoms with E-state index in [9.17, 15) is 14.9 Å². The number of aliphatic carboxylic acids is 1. The quantitative estimate of drug-likeness (QED) is 0.635. The maximum atomic E-state index is 10.9. The third-order valence-electron chi connectivity index (χ3n) is 2.29. The maximum Gasteiger partial charge on any atom is 0.323 e. The molecule has 1 aromatic carbocycles. The Morgan fingerprint density at radius 2 is 2.22 bits per heavy atom. The zero-order valence-corrected chi connectivity index (χ0v) is 10.6. The number of rotatable bonds is 6. The standard InChI is InChI=1S/C11H13ClN2O4/c1-2-5-13(7-11(15)16)9-4-3-8(12)6-10(9)14(17)18/h3-4,6H,2,5,7H2,1H3,(H,15,16). The van der Waals surface area contributed by atoms with E-state index in [0.29, 0.717) is 13.0 Å². The first-order valence-corrected chi connectivity index (χ1v) is 5.74. The van der Waals surface area contributed by atoms with Gasteiger partial charge in [-0.2, -0.15) is 0 Å². The molecular weight excluding hydrogens is 260 g/mol. The number of benzene rings is 1. The molecule has 0 aromatic heterocycles. The molecule has 0 fully saturated rings. The van der Waals surface area contributed by atoms with Gasteiger partial charge in [0.2, 0.25) is 0 Å². The van der Waals surface area contributed by atoms with Crippen LogP contribution in [-0.2, 0) is 4.79 Å². The van der Waals surface area contributed by atoms with Crippen LogP contribution in [-0.4, -0.2) is 29.1 Å². The number of nitrogens with zero attached hydrogens (tertiary/aromatic N) is 2. The first-order chi connectivity index (χ1) is 8.45. The molecule has 1 aromatic rings. The maximum absolute atomic E-state index is 10.9. The molecule has 0 aliphatic carbocycles. The van der Waals surface area contributed by atoms with Crippen LogP contribution in [0.1, 0.15) is 13.3 Å². The molecule has 1 rings (SSSR count). The van der Waals surface area contributed by atoms with Crippen molar-refractivity contribution in [2.75, 3.05) is 18.0 Å². The average molecular weight is 273 g/mol. The van der Waals surface area contributed by atoms with Gasteiger partial charge in [-0.15, -0.1) is 0 Å². The minimum absolute atomic E-state index is 0.183. The van der Waals surface area contributed by atoms with Gasteiger partial charge in [-0.3, -0.25) is 14.9 Å². The minimum Gasteiger partial charge on any atom is -0.480 e. The van der Waals surface area contributed by atoms with Gasteiger partial charge in [0.05, 0.1) is 4.92 Å². The number of anilines is 1. The van der Waals surface area contributed by atoms with Gasteiger partial charge in [0, 0.05) is 17.6 Å². The summed E-state index contributed by atoms with van der Waals surface area (Å²) in [5.41, 5.74) is 0.0888. The monoisotopic (exact) mass is 272 g/mol. The summed E-state index contributed by atoms with van der Waals surface area (Å²) in [6.07, 6.45) is 0.688. The molecule has 0 aliphatic heterocycles. The van der Waals surface area contributed by atoms with Crippen LogP contribution in [0.2, 0.25) is 5.02 Å². The van der Waals surface area contributed by atoms with Crippen LogP contribution in [0.25, 0.3) is 0 Å².